The smallest absolute Gasteiger partial charge is 0.872 e. The van der Waals surface area contributed by atoms with Gasteiger partial charge in [-0.25, -0.2) is 0 Å². The summed E-state index contributed by atoms with van der Waals surface area (Å²) in [6, 6.07) is 52.7. The third kappa shape index (κ3) is 10.6. The molecule has 0 amide bonds. The number of fused-ring (bicyclic) bond motifs is 4. The number of rotatable bonds is 6. The summed E-state index contributed by atoms with van der Waals surface area (Å²) in [5, 5.41) is 33.2. The molecule has 2 spiro atoms. The van der Waals surface area contributed by atoms with Gasteiger partial charge in [-0.1, -0.05) is 207 Å². The number of phenolic OH excluding ortho intramolecular Hbond substituents is 2. The van der Waals surface area contributed by atoms with E-state index in [2.05, 4.69) is 136 Å². The molecule has 0 bridgehead atoms. The summed E-state index contributed by atoms with van der Waals surface area (Å²) in [7, 11) is -1.78. The van der Waals surface area contributed by atoms with Crippen molar-refractivity contribution in [2.24, 2.45) is 0 Å². The van der Waals surface area contributed by atoms with Gasteiger partial charge in [0, 0.05) is 38.6 Å². The molecule has 0 saturated heterocycles. The molecule has 1 aliphatic heterocycles. The van der Waals surface area contributed by atoms with E-state index in [1.807, 2.05) is 117 Å². The molecule has 8 aromatic rings. The first-order valence-electron chi connectivity index (χ1n) is 28.6. The number of para-hydroxylation sites is 2. The van der Waals surface area contributed by atoms with Crippen molar-refractivity contribution in [2.45, 2.75) is 141 Å². The molecule has 0 saturated carbocycles. The van der Waals surface area contributed by atoms with Crippen molar-refractivity contribution in [3.63, 3.8) is 0 Å². The van der Waals surface area contributed by atoms with Crippen LogP contribution in [-0.4, -0.2) is 10.2 Å². The molecule has 414 valence electrons. The average molecular weight is 1100 g/mol. The van der Waals surface area contributed by atoms with Gasteiger partial charge in [-0.15, -0.1) is 5.75 Å². The maximum absolute atomic E-state index is 11.4. The molecule has 0 atom stereocenters. The molecule has 0 aromatic heterocycles. The van der Waals surface area contributed by atoms with Gasteiger partial charge in [0.1, 0.15) is 28.7 Å². The fourth-order valence-electron chi connectivity index (χ4n) is 14.9. The summed E-state index contributed by atoms with van der Waals surface area (Å²) >= 11 is 0. The van der Waals surface area contributed by atoms with Crippen LogP contribution in [0, 0.1) is 27.7 Å². The van der Waals surface area contributed by atoms with E-state index in [1.165, 1.54) is 44.5 Å². The zero-order chi connectivity index (χ0) is 57.4. The minimum absolute atomic E-state index is 0. The summed E-state index contributed by atoms with van der Waals surface area (Å²) in [6.45, 7) is 27.0. The van der Waals surface area contributed by atoms with E-state index in [9.17, 15) is 15.3 Å². The number of aryl methyl sites for hydroxylation is 4. The number of hydrogen-bond acceptors (Lipinski definition) is 6. The van der Waals surface area contributed by atoms with Gasteiger partial charge in [0.15, 0.2) is 0 Å². The number of phenols is 2. The van der Waals surface area contributed by atoms with E-state index in [-0.39, 0.29) is 57.1 Å². The van der Waals surface area contributed by atoms with Crippen LogP contribution in [0.2, 0.25) is 0 Å². The molecule has 1 heterocycles. The maximum atomic E-state index is 11.4. The molecular weight excluding hydrogens is 1020 g/mol. The Morgan fingerprint density at radius 3 is 1.20 bits per heavy atom. The molecule has 2 N–H and O–H groups in total. The van der Waals surface area contributed by atoms with Gasteiger partial charge >= 0.3 is 27.5 Å². The molecule has 82 heavy (non-hydrogen) atoms. The third-order valence-electron chi connectivity index (χ3n) is 17.7. The number of aromatic hydroxyl groups is 2. The predicted octanol–water partition coefficient (Wildman–Crippen LogP) is 15.5. The van der Waals surface area contributed by atoms with Gasteiger partial charge in [0.2, 0.25) is 0 Å². The monoisotopic (exact) mass is 1100 g/mol. The topological polar surface area (TPSA) is 91.2 Å². The van der Waals surface area contributed by atoms with Gasteiger partial charge in [0.25, 0.3) is 0 Å². The van der Waals surface area contributed by atoms with Gasteiger partial charge < -0.3 is 28.9 Å². The van der Waals surface area contributed by atoms with Crippen LogP contribution in [0.3, 0.4) is 0 Å². The van der Waals surface area contributed by atoms with E-state index in [4.69, 9.17) is 13.6 Å². The van der Waals surface area contributed by atoms with Crippen molar-refractivity contribution in [1.82, 2.24) is 0 Å². The summed E-state index contributed by atoms with van der Waals surface area (Å²) in [5.41, 5.74) is 18.0. The van der Waals surface area contributed by atoms with Crippen LogP contribution < -0.4 is 37.5 Å². The Balaban J connectivity index is 0.000000155. The Bertz CT molecular complexity index is 3640. The van der Waals surface area contributed by atoms with Crippen LogP contribution in [0.5, 0.6) is 34.5 Å². The number of hydrogen-bond donors (Lipinski definition) is 2. The quantitative estimate of drug-likeness (QED) is 0.0979. The Kier molecular flexibility index (Phi) is 15.4. The second kappa shape index (κ2) is 21.7. The van der Waals surface area contributed by atoms with E-state index in [1.54, 1.807) is 12.1 Å². The molecule has 0 fully saturated rings. The molecule has 5 aliphatic rings. The van der Waals surface area contributed by atoms with Gasteiger partial charge in [0.05, 0.1) is 0 Å². The van der Waals surface area contributed by atoms with Gasteiger partial charge in [-0.2, -0.15) is 0 Å². The average Bonchev–Trinajstić information content (AvgIpc) is 1.59. The molecular formula is C74H76LiO6P. The maximum Gasteiger partial charge on any atom is 1.00 e. The van der Waals surface area contributed by atoms with E-state index >= 15 is 0 Å². The number of benzene rings is 8. The van der Waals surface area contributed by atoms with Gasteiger partial charge in [-0.3, -0.25) is 0 Å². The van der Waals surface area contributed by atoms with Crippen LogP contribution in [0.25, 0.3) is 24.3 Å². The fourth-order valence-corrected chi connectivity index (χ4v) is 16.0. The van der Waals surface area contributed by atoms with Gasteiger partial charge in [-0.05, 0) is 167 Å². The second-order valence-electron chi connectivity index (χ2n) is 26.3. The largest absolute Gasteiger partial charge is 1.00 e. The Hall–Kier alpha value is -6.93. The zero-order valence-corrected chi connectivity index (χ0v) is 51.0. The molecule has 0 unspecified atom stereocenters. The standard InChI is InChI=1S/C37H37O3P.C23H28O2.C14H12O.Li/c1-24-18-28-33-31(20-24)39-41(38-30-15-11-10-14-27(30)17-16-26-12-8-7-9-13-26)40-32-21-25(2)19-29-34(32)37(33,22-35(28,3)4)23-36(29,5)6;1-13-7-15-19(17(24)9-13)23(11-21(15,3)4)12-22(5,6)16-8-14(2)10-18(25)20(16)23;15-14-9-5-4-8-13(14)11-10-12-6-2-1-3-7-12;/h7-21H,22-23H2,1-6H3;7-10,24-25H,11-12H2,1-6H3;1-11,15H;/q;;;+1/p-1/b17-16+;;11-10+;. The first-order chi connectivity index (χ1) is 38.4. The molecule has 13 rings (SSSR count). The van der Waals surface area contributed by atoms with E-state index < -0.39 is 8.60 Å². The van der Waals surface area contributed by atoms with Crippen molar-refractivity contribution in [3.05, 3.63) is 247 Å². The normalized spacial score (nSPS) is 18.0. The second-order valence-corrected chi connectivity index (χ2v) is 27.2. The summed E-state index contributed by atoms with van der Waals surface area (Å²) < 4.78 is 20.3. The van der Waals surface area contributed by atoms with Crippen molar-refractivity contribution in [2.75, 3.05) is 0 Å². The molecule has 6 nitrogen and oxygen atoms in total. The van der Waals surface area contributed by atoms with Crippen LogP contribution in [0.1, 0.15) is 170 Å². The van der Waals surface area contributed by atoms with E-state index in [0.29, 0.717) is 11.5 Å². The van der Waals surface area contributed by atoms with Crippen LogP contribution in [0.4, 0.5) is 0 Å². The van der Waals surface area contributed by atoms with Crippen molar-refractivity contribution in [3.8, 4) is 34.5 Å². The molecule has 8 heteroatoms. The zero-order valence-electron chi connectivity index (χ0n) is 50.1. The summed E-state index contributed by atoms with van der Waals surface area (Å²) in [5.74, 6) is 3.37. The van der Waals surface area contributed by atoms with Crippen LogP contribution >= 0.6 is 8.60 Å². The first-order valence-corrected chi connectivity index (χ1v) is 29.7. The van der Waals surface area contributed by atoms with Crippen LogP contribution in [-0.2, 0) is 32.5 Å². The first kappa shape index (κ1) is 58.3. The summed E-state index contributed by atoms with van der Waals surface area (Å²) in [6.07, 6.45) is 11.9. The summed E-state index contributed by atoms with van der Waals surface area (Å²) in [4.78, 5) is 0. The third-order valence-corrected chi connectivity index (χ3v) is 18.7. The fraction of sp³-hybridized carbons (Fsp3) is 0.297. The minimum atomic E-state index is -1.78. The van der Waals surface area contributed by atoms with Crippen molar-refractivity contribution < 1.29 is 47.8 Å². The SMILES string of the molecule is Cc1cc(O)c2c(c1)C(C)(C)CC21CC(C)(C)c2cc(C)cc(O)c21.Cc1cc2c3c(c1)C(C)(C)CC31CC(C)(C)c3cc(C)cc(c31)OP(Oc1ccccc1/C=C/c1ccccc1)O2.[Li+].[O-]c1ccccc1/C=C/c1ccccc1. The van der Waals surface area contributed by atoms with Crippen molar-refractivity contribution in [1.29, 1.82) is 0 Å². The Labute approximate surface area is 500 Å². The predicted molar refractivity (Wildman–Crippen MR) is 332 cm³/mol. The molecule has 8 aromatic carbocycles. The van der Waals surface area contributed by atoms with E-state index in [0.717, 1.165) is 87.4 Å². The van der Waals surface area contributed by atoms with Crippen molar-refractivity contribution >= 4 is 32.9 Å². The molecule has 4 aliphatic carbocycles. The molecule has 0 radical (unpaired) electrons. The van der Waals surface area contributed by atoms with Crippen LogP contribution in [0.15, 0.2) is 158 Å². The minimum Gasteiger partial charge on any atom is -0.872 e. The Morgan fingerprint density at radius 1 is 0.427 bits per heavy atom. The Morgan fingerprint density at radius 2 is 0.768 bits per heavy atom.